The largest absolute Gasteiger partial charge is 0.394 e. The summed E-state index contributed by atoms with van der Waals surface area (Å²) in [7, 11) is 1.63. The van der Waals surface area contributed by atoms with E-state index >= 15 is 0 Å². The number of nitrogens with two attached hydrogens (primary N) is 1. The van der Waals surface area contributed by atoms with Crippen LogP contribution < -0.4 is 11.1 Å². The zero-order chi connectivity index (χ0) is 12.5. The number of halogens is 3. The lowest BCUT2D eigenvalue weighted by Crippen LogP contribution is -2.25. The van der Waals surface area contributed by atoms with Gasteiger partial charge in [-0.15, -0.1) is 0 Å². The molecule has 0 spiro atoms. The molecule has 1 heterocycles. The number of hydrogen-bond acceptors (Lipinski definition) is 3. The summed E-state index contributed by atoms with van der Waals surface area (Å²) in [6.07, 6.45) is -5.09. The fraction of sp³-hybridized carbons (Fsp3) is 0.667. The van der Waals surface area contributed by atoms with Gasteiger partial charge in [0.15, 0.2) is 0 Å². The maximum absolute atomic E-state index is 12.1. The lowest BCUT2D eigenvalue weighted by molar-refractivity contribution is -0.136. The Morgan fingerprint density at radius 3 is 2.44 bits per heavy atom. The third-order valence-corrected chi connectivity index (χ3v) is 2.19. The molecule has 1 aromatic rings. The maximum atomic E-state index is 12.1. The molecule has 0 saturated carbocycles. The Morgan fingerprint density at radius 1 is 1.50 bits per heavy atom. The first-order chi connectivity index (χ1) is 7.20. The first-order valence-corrected chi connectivity index (χ1v) is 4.83. The van der Waals surface area contributed by atoms with Crippen LogP contribution in [-0.4, -0.2) is 22.0 Å². The highest BCUT2D eigenvalue weighted by atomic mass is 19.4. The van der Waals surface area contributed by atoms with Gasteiger partial charge in [0.2, 0.25) is 0 Å². The minimum atomic E-state index is -4.19. The molecule has 1 aromatic heterocycles. The second-order valence-electron chi connectivity index (χ2n) is 3.84. The van der Waals surface area contributed by atoms with Gasteiger partial charge in [0.25, 0.3) is 0 Å². The fourth-order valence-corrected chi connectivity index (χ4v) is 1.48. The molecular weight excluding hydrogens is 221 g/mol. The number of hydrogen-bond donors (Lipinski definition) is 2. The summed E-state index contributed by atoms with van der Waals surface area (Å²) in [5, 5.41) is 6.72. The van der Waals surface area contributed by atoms with Crippen molar-refractivity contribution in [3.05, 3.63) is 5.69 Å². The molecule has 92 valence electrons. The maximum Gasteiger partial charge on any atom is 0.391 e. The number of nitrogens with one attached hydrogen (secondary N) is 1. The van der Waals surface area contributed by atoms with Gasteiger partial charge in [0.05, 0.1) is 17.8 Å². The molecule has 0 fully saturated rings. The Kier molecular flexibility index (Phi) is 3.35. The smallest absolute Gasteiger partial charge is 0.391 e. The third kappa shape index (κ3) is 3.04. The van der Waals surface area contributed by atoms with E-state index < -0.39 is 18.6 Å². The number of alkyl halides is 3. The van der Waals surface area contributed by atoms with Crippen LogP contribution in [0.1, 0.15) is 19.0 Å². The second-order valence-corrected chi connectivity index (χ2v) is 3.84. The van der Waals surface area contributed by atoms with Gasteiger partial charge >= 0.3 is 6.18 Å². The lowest BCUT2D eigenvalue weighted by atomic mass is 10.2. The average Bonchev–Trinajstić information content (AvgIpc) is 2.29. The zero-order valence-corrected chi connectivity index (χ0v) is 9.39. The summed E-state index contributed by atoms with van der Waals surface area (Å²) >= 11 is 0. The van der Waals surface area contributed by atoms with E-state index in [0.29, 0.717) is 17.2 Å². The first kappa shape index (κ1) is 12.7. The molecule has 16 heavy (non-hydrogen) atoms. The normalized spacial score (nSPS) is 13.9. The SMILES string of the molecule is Cc1nn(C)c(NC(C)CC(F)(F)F)c1N. The minimum Gasteiger partial charge on any atom is -0.394 e. The zero-order valence-electron chi connectivity index (χ0n) is 9.39. The molecular formula is C9H15F3N4. The average molecular weight is 236 g/mol. The van der Waals surface area contributed by atoms with Crippen molar-refractivity contribution in [3.63, 3.8) is 0 Å². The quantitative estimate of drug-likeness (QED) is 0.844. The van der Waals surface area contributed by atoms with E-state index in [1.54, 1.807) is 14.0 Å². The summed E-state index contributed by atoms with van der Waals surface area (Å²) < 4.78 is 37.8. The van der Waals surface area contributed by atoms with Crippen LogP contribution in [0.3, 0.4) is 0 Å². The number of aryl methyl sites for hydroxylation is 2. The van der Waals surface area contributed by atoms with Gasteiger partial charge in [-0.2, -0.15) is 18.3 Å². The van der Waals surface area contributed by atoms with E-state index in [0.717, 1.165) is 0 Å². The molecule has 0 aromatic carbocycles. The Bertz CT molecular complexity index is 370. The van der Waals surface area contributed by atoms with Crippen molar-refractivity contribution >= 4 is 11.5 Å². The van der Waals surface area contributed by atoms with Crippen molar-refractivity contribution in [2.45, 2.75) is 32.5 Å². The van der Waals surface area contributed by atoms with Crippen LogP contribution >= 0.6 is 0 Å². The molecule has 0 radical (unpaired) electrons. The van der Waals surface area contributed by atoms with Gasteiger partial charge in [0, 0.05) is 13.1 Å². The second kappa shape index (κ2) is 4.23. The van der Waals surface area contributed by atoms with Gasteiger partial charge in [-0.3, -0.25) is 4.68 Å². The van der Waals surface area contributed by atoms with E-state index in [1.807, 2.05) is 0 Å². The van der Waals surface area contributed by atoms with E-state index in [1.165, 1.54) is 11.6 Å². The number of anilines is 2. The Morgan fingerprint density at radius 2 is 2.06 bits per heavy atom. The van der Waals surface area contributed by atoms with E-state index in [4.69, 9.17) is 5.73 Å². The van der Waals surface area contributed by atoms with Crippen LogP contribution in [0.15, 0.2) is 0 Å². The molecule has 0 amide bonds. The monoisotopic (exact) mass is 236 g/mol. The lowest BCUT2D eigenvalue weighted by Gasteiger charge is -2.17. The highest BCUT2D eigenvalue weighted by Crippen LogP contribution is 2.26. The standard InChI is InChI=1S/C9H15F3N4/c1-5(4-9(10,11)12)14-8-7(13)6(2)15-16(8)3/h5,14H,4,13H2,1-3H3. The molecule has 0 aliphatic heterocycles. The van der Waals surface area contributed by atoms with Gasteiger partial charge in [-0.25, -0.2) is 0 Å². The van der Waals surface area contributed by atoms with E-state index in [2.05, 4.69) is 10.4 Å². The number of rotatable bonds is 3. The molecule has 7 heteroatoms. The van der Waals surface area contributed by atoms with Gasteiger partial charge in [0.1, 0.15) is 5.82 Å². The molecule has 0 saturated heterocycles. The predicted octanol–water partition coefficient (Wildman–Crippen LogP) is 2.06. The predicted molar refractivity (Wildman–Crippen MR) is 56.1 cm³/mol. The van der Waals surface area contributed by atoms with E-state index in [-0.39, 0.29) is 0 Å². The number of nitrogens with zero attached hydrogens (tertiary/aromatic N) is 2. The minimum absolute atomic E-state index is 0.386. The summed E-state index contributed by atoms with van der Waals surface area (Å²) in [4.78, 5) is 0. The Hall–Kier alpha value is -1.40. The molecule has 1 atom stereocenters. The highest BCUT2D eigenvalue weighted by molar-refractivity contribution is 5.64. The van der Waals surface area contributed by atoms with Gasteiger partial charge in [-0.05, 0) is 13.8 Å². The van der Waals surface area contributed by atoms with Crippen molar-refractivity contribution in [1.29, 1.82) is 0 Å². The van der Waals surface area contributed by atoms with Gasteiger partial charge < -0.3 is 11.1 Å². The van der Waals surface area contributed by atoms with Crippen molar-refractivity contribution in [1.82, 2.24) is 9.78 Å². The molecule has 4 nitrogen and oxygen atoms in total. The third-order valence-electron chi connectivity index (χ3n) is 2.19. The van der Waals surface area contributed by atoms with Crippen LogP contribution in [0.4, 0.5) is 24.7 Å². The van der Waals surface area contributed by atoms with Crippen LogP contribution in [0.2, 0.25) is 0 Å². The van der Waals surface area contributed by atoms with Crippen LogP contribution in [0, 0.1) is 6.92 Å². The fourth-order valence-electron chi connectivity index (χ4n) is 1.48. The highest BCUT2D eigenvalue weighted by Gasteiger charge is 2.30. The van der Waals surface area contributed by atoms with Gasteiger partial charge in [-0.1, -0.05) is 0 Å². The molecule has 3 N–H and O–H groups in total. The summed E-state index contributed by atoms with van der Waals surface area (Å²) in [6.45, 7) is 3.16. The van der Waals surface area contributed by atoms with Crippen molar-refractivity contribution in [2.24, 2.45) is 7.05 Å². The van der Waals surface area contributed by atoms with Crippen molar-refractivity contribution in [3.8, 4) is 0 Å². The first-order valence-electron chi connectivity index (χ1n) is 4.83. The van der Waals surface area contributed by atoms with E-state index in [9.17, 15) is 13.2 Å². The molecule has 0 aliphatic rings. The molecule has 1 rings (SSSR count). The summed E-state index contributed by atoms with van der Waals surface area (Å²) in [5.41, 5.74) is 6.68. The molecule has 0 aliphatic carbocycles. The summed E-state index contributed by atoms with van der Waals surface area (Å²) in [5.74, 6) is 0.425. The van der Waals surface area contributed by atoms with Crippen LogP contribution in [0.25, 0.3) is 0 Å². The van der Waals surface area contributed by atoms with Crippen LogP contribution in [-0.2, 0) is 7.05 Å². The number of aromatic nitrogens is 2. The molecule has 1 unspecified atom stereocenters. The topological polar surface area (TPSA) is 55.9 Å². The Balaban J connectivity index is 2.73. The van der Waals surface area contributed by atoms with Crippen LogP contribution in [0.5, 0.6) is 0 Å². The van der Waals surface area contributed by atoms with Crippen molar-refractivity contribution in [2.75, 3.05) is 11.1 Å². The summed E-state index contributed by atoms with van der Waals surface area (Å²) in [6, 6.07) is -0.739. The Labute approximate surface area is 91.6 Å². The number of nitrogen functional groups attached to an aromatic ring is 1. The molecule has 0 bridgehead atoms. The van der Waals surface area contributed by atoms with Crippen molar-refractivity contribution < 1.29 is 13.2 Å².